The van der Waals surface area contributed by atoms with Crippen molar-refractivity contribution in [2.75, 3.05) is 23.7 Å². The smallest absolute Gasteiger partial charge is 0.264 e. The van der Waals surface area contributed by atoms with Crippen LogP contribution in [0.2, 0.25) is 0 Å². The largest absolute Gasteiger partial charge is 0.506 e. The van der Waals surface area contributed by atoms with Crippen molar-refractivity contribution >= 4 is 72.8 Å². The Bertz CT molecular complexity index is 895. The summed E-state index contributed by atoms with van der Waals surface area (Å²) in [4.78, 5) is 6.03. The third kappa shape index (κ3) is 8.54. The minimum atomic E-state index is -3.98. The molecule has 0 aliphatic heterocycles. The molecule has 11 heteroatoms. The number of azo groups is 1. The van der Waals surface area contributed by atoms with Crippen LogP contribution in [0.5, 0.6) is 5.75 Å². The molecule has 0 aliphatic rings. The number of aromatic nitrogens is 1. The van der Waals surface area contributed by atoms with Gasteiger partial charge < -0.3 is 10.0 Å². The summed E-state index contributed by atoms with van der Waals surface area (Å²) in [7, 11) is -3.98. The van der Waals surface area contributed by atoms with Gasteiger partial charge in [0, 0.05) is 65.1 Å². The second-order valence-electron chi connectivity index (χ2n) is 5.83. The first-order chi connectivity index (χ1) is 12.8. The Morgan fingerprint density at radius 1 is 1.18 bits per heavy atom. The minimum Gasteiger partial charge on any atom is -0.506 e. The minimum absolute atomic E-state index is 0. The molecule has 0 saturated heterocycles. The molecule has 0 bridgehead atoms. The van der Waals surface area contributed by atoms with E-state index in [1.807, 2.05) is 11.8 Å². The summed E-state index contributed by atoms with van der Waals surface area (Å²) < 4.78 is 31.5. The Labute approximate surface area is 195 Å². The molecule has 1 aromatic carbocycles. The number of hydrogen-bond acceptors (Lipinski definition) is 7. The number of rotatable bonds is 9. The van der Waals surface area contributed by atoms with Crippen LogP contribution in [0.3, 0.4) is 0 Å². The molecule has 0 aliphatic carbocycles. The van der Waals surface area contributed by atoms with Crippen LogP contribution in [0.25, 0.3) is 0 Å². The molecule has 28 heavy (non-hydrogen) atoms. The number of phenols is 1. The van der Waals surface area contributed by atoms with Crippen LogP contribution in [0.1, 0.15) is 19.8 Å². The Morgan fingerprint density at radius 3 is 2.50 bits per heavy atom. The topological polar surface area (TPSA) is 115 Å². The third-order valence-electron chi connectivity index (χ3n) is 3.62. The van der Waals surface area contributed by atoms with E-state index < -0.39 is 10.1 Å². The summed E-state index contributed by atoms with van der Waals surface area (Å²) in [6, 6.07) is 8.47. The van der Waals surface area contributed by atoms with Gasteiger partial charge in [-0.3, -0.25) is 4.55 Å². The Kier molecular flexibility index (Phi) is 10.6. The first kappa shape index (κ1) is 25.0. The summed E-state index contributed by atoms with van der Waals surface area (Å²) in [5.74, 6) is 0.0785. The number of phenolic OH excluding ortho intramolecular Hbond substituents is 1. The molecular weight excluding hydrogens is 459 g/mol. The van der Waals surface area contributed by atoms with Gasteiger partial charge in [-0.15, -0.1) is 10.2 Å². The quantitative estimate of drug-likeness (QED) is 0.318. The zero-order valence-corrected chi connectivity index (χ0v) is 20.2. The van der Waals surface area contributed by atoms with E-state index in [1.54, 1.807) is 36.5 Å². The second kappa shape index (κ2) is 11.8. The molecule has 8 nitrogen and oxygen atoms in total. The number of nitrogens with zero attached hydrogens (tertiary/aromatic N) is 4. The molecule has 0 amide bonds. The van der Waals surface area contributed by atoms with Gasteiger partial charge in [-0.05, 0) is 53.0 Å². The van der Waals surface area contributed by atoms with Gasteiger partial charge in [-0.2, -0.15) is 8.42 Å². The van der Waals surface area contributed by atoms with E-state index in [1.165, 1.54) is 0 Å². The Hall–Kier alpha value is -1.04. The fourth-order valence-corrected chi connectivity index (χ4v) is 3.13. The molecule has 2 rings (SSSR count). The van der Waals surface area contributed by atoms with Crippen molar-refractivity contribution in [3.63, 3.8) is 0 Å². The van der Waals surface area contributed by atoms with Crippen molar-refractivity contribution in [2.45, 2.75) is 19.8 Å². The number of benzene rings is 1. The number of pyridine rings is 1. The fourth-order valence-electron chi connectivity index (χ4n) is 2.40. The summed E-state index contributed by atoms with van der Waals surface area (Å²) in [6.07, 6.45) is 2.74. The molecular formula is C17H21BrN4NaO4S. The average molecular weight is 480 g/mol. The number of hydrogen-bond donors (Lipinski definition) is 2. The van der Waals surface area contributed by atoms with Gasteiger partial charge in [-0.25, -0.2) is 4.98 Å². The molecule has 0 atom stereocenters. The maximum Gasteiger partial charge on any atom is 0.264 e. The van der Waals surface area contributed by atoms with Gasteiger partial charge in [0.05, 0.1) is 5.75 Å². The van der Waals surface area contributed by atoms with Crippen LogP contribution in [-0.4, -0.2) is 71.5 Å². The van der Waals surface area contributed by atoms with E-state index in [0.29, 0.717) is 24.6 Å². The van der Waals surface area contributed by atoms with Gasteiger partial charge in [-0.1, -0.05) is 6.92 Å². The van der Waals surface area contributed by atoms with E-state index in [9.17, 15) is 13.5 Å². The van der Waals surface area contributed by atoms with Gasteiger partial charge in [0.1, 0.15) is 11.4 Å². The van der Waals surface area contributed by atoms with E-state index in [2.05, 4.69) is 31.1 Å². The molecule has 0 spiro atoms. The van der Waals surface area contributed by atoms with Crippen LogP contribution >= 0.6 is 15.9 Å². The van der Waals surface area contributed by atoms with Gasteiger partial charge >= 0.3 is 0 Å². The van der Waals surface area contributed by atoms with Crippen LogP contribution < -0.4 is 4.90 Å². The van der Waals surface area contributed by atoms with E-state index in [0.717, 1.165) is 16.6 Å². The second-order valence-corrected chi connectivity index (χ2v) is 8.32. The van der Waals surface area contributed by atoms with Crippen LogP contribution in [-0.2, 0) is 10.1 Å². The molecule has 1 aromatic heterocycles. The third-order valence-corrected chi connectivity index (χ3v) is 4.89. The number of halogens is 1. The molecule has 0 saturated carbocycles. The van der Waals surface area contributed by atoms with Crippen molar-refractivity contribution in [1.82, 2.24) is 4.98 Å². The first-order valence-electron chi connectivity index (χ1n) is 8.35. The maximum atomic E-state index is 10.9. The number of anilines is 1. The monoisotopic (exact) mass is 479 g/mol. The fraction of sp³-hybridized carbons (Fsp3) is 0.353. The average Bonchev–Trinajstić information content (AvgIpc) is 2.60. The maximum absolute atomic E-state index is 10.9. The van der Waals surface area contributed by atoms with Crippen LogP contribution in [0, 0.1) is 0 Å². The molecule has 0 unspecified atom stereocenters. The molecule has 1 radical (unpaired) electrons. The van der Waals surface area contributed by atoms with Crippen molar-refractivity contribution in [1.29, 1.82) is 0 Å². The van der Waals surface area contributed by atoms with Crippen LogP contribution in [0.4, 0.5) is 17.2 Å². The summed E-state index contributed by atoms with van der Waals surface area (Å²) >= 11 is 3.29. The van der Waals surface area contributed by atoms with E-state index >= 15 is 0 Å². The molecule has 2 N–H and O–H groups in total. The normalized spacial score (nSPS) is 11.4. The van der Waals surface area contributed by atoms with Crippen molar-refractivity contribution in [3.05, 3.63) is 41.0 Å². The molecule has 147 valence electrons. The predicted molar refractivity (Wildman–Crippen MR) is 114 cm³/mol. The zero-order valence-electron chi connectivity index (χ0n) is 15.8. The molecule has 1 heterocycles. The molecule has 0 fully saturated rings. The Balaban J connectivity index is 0.00000392. The summed E-state index contributed by atoms with van der Waals surface area (Å²) in [6.45, 7) is 3.13. The van der Waals surface area contributed by atoms with Gasteiger partial charge in [0.2, 0.25) is 0 Å². The van der Waals surface area contributed by atoms with Crippen LogP contribution in [0.15, 0.2) is 51.2 Å². The van der Waals surface area contributed by atoms with Crippen molar-refractivity contribution in [2.24, 2.45) is 10.2 Å². The standard InChI is InChI=1S/C17H21BrN4O4S.Na/c1-2-8-22(9-3-10-27(24,25)26)14-5-6-15(16(23)11-14)20-21-17-7-4-13(18)12-19-17;/h4-7,11-12,23H,2-3,8-10H2,1H3,(H,24,25,26);. The van der Waals surface area contributed by atoms with Gasteiger partial charge in [0.15, 0.2) is 5.82 Å². The zero-order chi connectivity index (χ0) is 19.9. The SMILES string of the molecule is CCCN(CCCS(=O)(=O)O)c1ccc(N=Nc2ccc(Br)cn2)c(O)c1.[Na]. The van der Waals surface area contributed by atoms with Crippen molar-refractivity contribution in [3.8, 4) is 5.75 Å². The van der Waals surface area contributed by atoms with E-state index in [4.69, 9.17) is 4.55 Å². The predicted octanol–water partition coefficient (Wildman–Crippen LogP) is 4.08. The van der Waals surface area contributed by atoms with E-state index in [-0.39, 0.29) is 47.5 Å². The van der Waals surface area contributed by atoms with Gasteiger partial charge in [0.25, 0.3) is 10.1 Å². The number of aromatic hydroxyl groups is 1. The van der Waals surface area contributed by atoms with Crippen molar-refractivity contribution < 1.29 is 18.1 Å². The summed E-state index contributed by atoms with van der Waals surface area (Å²) in [5.41, 5.74) is 1.04. The summed E-state index contributed by atoms with van der Waals surface area (Å²) in [5, 5.41) is 18.2. The first-order valence-corrected chi connectivity index (χ1v) is 10.7. The molecule has 2 aromatic rings. The Morgan fingerprint density at radius 2 is 1.93 bits per heavy atom.